The molecule has 1 aromatic rings. The normalized spacial score (nSPS) is 17.1. The highest BCUT2D eigenvalue weighted by atomic mass is 79.9. The smallest absolute Gasteiger partial charge is 0.259 e. The molecule has 0 unspecified atom stereocenters. The Kier molecular flexibility index (Phi) is 2.29. The Morgan fingerprint density at radius 1 is 1.36 bits per heavy atom. The lowest BCUT2D eigenvalue weighted by molar-refractivity contribution is -0.138. The van der Waals surface area contributed by atoms with Gasteiger partial charge < -0.3 is 0 Å². The summed E-state index contributed by atoms with van der Waals surface area (Å²) in [5.41, 5.74) is -0.407. The second kappa shape index (κ2) is 3.22. The van der Waals surface area contributed by atoms with Gasteiger partial charge in [0, 0.05) is 16.6 Å². The molecule has 1 aliphatic rings. The van der Waals surface area contributed by atoms with Gasteiger partial charge in [-0.05, 0) is 34.8 Å². The number of hydrogen-bond acceptors (Lipinski definition) is 1. The van der Waals surface area contributed by atoms with Gasteiger partial charge in [0.25, 0.3) is 0 Å². The highest BCUT2D eigenvalue weighted by molar-refractivity contribution is 9.10. The Labute approximate surface area is 87.5 Å². The lowest BCUT2D eigenvalue weighted by Crippen LogP contribution is -2.10. The fourth-order valence-electron chi connectivity index (χ4n) is 1.36. The zero-order valence-corrected chi connectivity index (χ0v) is 8.69. The Morgan fingerprint density at radius 3 is 2.50 bits per heavy atom. The quantitative estimate of drug-likeness (QED) is 0.754. The Balaban J connectivity index is 2.48. The summed E-state index contributed by atoms with van der Waals surface area (Å²) in [6.07, 6.45) is -1.24. The molecule has 0 aliphatic heterocycles. The molecule has 0 amide bonds. The molecule has 1 nitrogen and oxygen atoms in total. The SMILES string of the molecule is FC(F)(F)c1cc(Br)cnc1C1CC1. The van der Waals surface area contributed by atoms with Crippen molar-refractivity contribution in [1.82, 2.24) is 4.98 Å². The van der Waals surface area contributed by atoms with Gasteiger partial charge in [-0.3, -0.25) is 4.98 Å². The Morgan fingerprint density at radius 2 is 2.00 bits per heavy atom. The number of nitrogens with zero attached hydrogens (tertiary/aromatic N) is 1. The van der Waals surface area contributed by atoms with Gasteiger partial charge >= 0.3 is 6.18 Å². The molecular formula is C9H7BrF3N. The van der Waals surface area contributed by atoms with Crippen LogP contribution in [0.2, 0.25) is 0 Å². The Hall–Kier alpha value is -0.580. The van der Waals surface area contributed by atoms with Crippen LogP contribution in [0.1, 0.15) is 30.0 Å². The third-order valence-corrected chi connectivity index (χ3v) is 2.59. The number of pyridine rings is 1. The van der Waals surface area contributed by atoms with Crippen LogP contribution in [0.3, 0.4) is 0 Å². The zero-order valence-electron chi connectivity index (χ0n) is 7.11. The molecule has 5 heteroatoms. The van der Waals surface area contributed by atoms with Crippen molar-refractivity contribution >= 4 is 15.9 Å². The van der Waals surface area contributed by atoms with Gasteiger partial charge in [-0.15, -0.1) is 0 Å². The van der Waals surface area contributed by atoms with E-state index < -0.39 is 11.7 Å². The van der Waals surface area contributed by atoms with E-state index in [1.807, 2.05) is 0 Å². The monoisotopic (exact) mass is 265 g/mol. The van der Waals surface area contributed by atoms with Crippen LogP contribution in [-0.2, 0) is 6.18 Å². The van der Waals surface area contributed by atoms with Crippen LogP contribution in [0.4, 0.5) is 13.2 Å². The molecular weight excluding hydrogens is 259 g/mol. The standard InChI is InChI=1S/C9H7BrF3N/c10-6-3-7(9(11,12)13)8(14-4-6)5-1-2-5/h3-5H,1-2H2. The first-order valence-electron chi connectivity index (χ1n) is 4.21. The van der Waals surface area contributed by atoms with Gasteiger partial charge in [0.05, 0.1) is 11.3 Å². The lowest BCUT2D eigenvalue weighted by atomic mass is 10.1. The van der Waals surface area contributed by atoms with Crippen LogP contribution in [0.25, 0.3) is 0 Å². The van der Waals surface area contributed by atoms with Crippen LogP contribution in [-0.4, -0.2) is 4.98 Å². The van der Waals surface area contributed by atoms with Gasteiger partial charge in [0.1, 0.15) is 0 Å². The maximum absolute atomic E-state index is 12.6. The fourth-order valence-corrected chi connectivity index (χ4v) is 1.69. The van der Waals surface area contributed by atoms with Gasteiger partial charge in [0.2, 0.25) is 0 Å². The van der Waals surface area contributed by atoms with Crippen molar-refractivity contribution in [1.29, 1.82) is 0 Å². The van der Waals surface area contributed by atoms with Crippen LogP contribution >= 0.6 is 15.9 Å². The van der Waals surface area contributed by atoms with Crippen molar-refractivity contribution in [2.45, 2.75) is 24.9 Å². The first-order valence-corrected chi connectivity index (χ1v) is 5.00. The topological polar surface area (TPSA) is 12.9 Å². The highest BCUT2D eigenvalue weighted by Gasteiger charge is 2.39. The van der Waals surface area contributed by atoms with Gasteiger partial charge in [-0.25, -0.2) is 0 Å². The molecule has 0 bridgehead atoms. The van der Waals surface area contributed by atoms with E-state index in [0.29, 0.717) is 4.47 Å². The fraction of sp³-hybridized carbons (Fsp3) is 0.444. The molecule has 2 rings (SSSR count). The van der Waals surface area contributed by atoms with Crippen molar-refractivity contribution in [2.75, 3.05) is 0 Å². The molecule has 76 valence electrons. The molecule has 0 saturated heterocycles. The van der Waals surface area contributed by atoms with E-state index in [1.54, 1.807) is 0 Å². The molecule has 1 aromatic heterocycles. The minimum Gasteiger partial charge on any atom is -0.259 e. The van der Waals surface area contributed by atoms with E-state index >= 15 is 0 Å². The van der Waals surface area contributed by atoms with Crippen molar-refractivity contribution in [3.8, 4) is 0 Å². The second-order valence-corrected chi connectivity index (χ2v) is 4.27. The van der Waals surface area contributed by atoms with Gasteiger partial charge in [-0.1, -0.05) is 0 Å². The minimum atomic E-state index is -4.30. The first kappa shape index (κ1) is 9.96. The number of hydrogen-bond donors (Lipinski definition) is 0. The van der Waals surface area contributed by atoms with Gasteiger partial charge in [-0.2, -0.15) is 13.2 Å². The minimum absolute atomic E-state index is 0.0136. The van der Waals surface area contributed by atoms with E-state index in [1.165, 1.54) is 6.20 Å². The van der Waals surface area contributed by atoms with Crippen LogP contribution in [0.15, 0.2) is 16.7 Å². The number of halogens is 4. The average molecular weight is 266 g/mol. The summed E-state index contributed by atoms with van der Waals surface area (Å²) in [4.78, 5) is 3.84. The number of rotatable bonds is 1. The highest BCUT2D eigenvalue weighted by Crippen LogP contribution is 2.45. The summed E-state index contributed by atoms with van der Waals surface area (Å²) >= 11 is 3.00. The van der Waals surface area contributed by atoms with E-state index in [9.17, 15) is 13.2 Å². The van der Waals surface area contributed by atoms with E-state index in [-0.39, 0.29) is 11.6 Å². The predicted molar refractivity (Wildman–Crippen MR) is 48.9 cm³/mol. The second-order valence-electron chi connectivity index (χ2n) is 3.36. The van der Waals surface area contributed by atoms with Crippen molar-refractivity contribution in [3.05, 3.63) is 28.0 Å². The summed E-state index contributed by atoms with van der Waals surface area (Å²) in [5.74, 6) is 0.0136. The summed E-state index contributed by atoms with van der Waals surface area (Å²) < 4.78 is 38.0. The van der Waals surface area contributed by atoms with Crippen LogP contribution < -0.4 is 0 Å². The van der Waals surface area contributed by atoms with Crippen molar-refractivity contribution in [3.63, 3.8) is 0 Å². The predicted octanol–water partition coefficient (Wildman–Crippen LogP) is 3.74. The van der Waals surface area contributed by atoms with Crippen LogP contribution in [0.5, 0.6) is 0 Å². The molecule has 0 N–H and O–H groups in total. The van der Waals surface area contributed by atoms with Gasteiger partial charge in [0.15, 0.2) is 0 Å². The molecule has 1 saturated carbocycles. The van der Waals surface area contributed by atoms with E-state index in [0.717, 1.165) is 18.9 Å². The molecule has 0 atom stereocenters. The van der Waals surface area contributed by atoms with Crippen LogP contribution in [0, 0.1) is 0 Å². The van der Waals surface area contributed by atoms with Crippen molar-refractivity contribution in [2.24, 2.45) is 0 Å². The lowest BCUT2D eigenvalue weighted by Gasteiger charge is -2.11. The first-order chi connectivity index (χ1) is 6.48. The van der Waals surface area contributed by atoms with E-state index in [4.69, 9.17) is 0 Å². The summed E-state index contributed by atoms with van der Waals surface area (Å²) in [6, 6.07) is 1.10. The van der Waals surface area contributed by atoms with Crippen molar-refractivity contribution < 1.29 is 13.2 Å². The molecule has 1 heterocycles. The molecule has 0 radical (unpaired) electrons. The summed E-state index contributed by atoms with van der Waals surface area (Å²) in [7, 11) is 0. The molecule has 0 aromatic carbocycles. The molecule has 1 aliphatic carbocycles. The molecule has 14 heavy (non-hydrogen) atoms. The third kappa shape index (κ3) is 1.92. The molecule has 1 fully saturated rings. The maximum Gasteiger partial charge on any atom is 0.418 e. The van der Waals surface area contributed by atoms with E-state index in [2.05, 4.69) is 20.9 Å². The largest absolute Gasteiger partial charge is 0.418 e. The average Bonchev–Trinajstić information content (AvgIpc) is 2.85. The number of aromatic nitrogens is 1. The third-order valence-electron chi connectivity index (χ3n) is 2.15. The summed E-state index contributed by atoms with van der Waals surface area (Å²) in [5, 5.41) is 0. The summed E-state index contributed by atoms with van der Waals surface area (Å²) in [6.45, 7) is 0. The number of alkyl halides is 3. The molecule has 0 spiro atoms. The Bertz CT molecular complexity index is 358. The maximum atomic E-state index is 12.6. The zero-order chi connectivity index (χ0) is 10.3.